The summed E-state index contributed by atoms with van der Waals surface area (Å²) in [5.74, 6) is -0.0845. The number of anilines is 1. The van der Waals surface area contributed by atoms with Crippen LogP contribution >= 0.6 is 11.6 Å². The van der Waals surface area contributed by atoms with Gasteiger partial charge in [-0.1, -0.05) is 47.5 Å². The highest BCUT2D eigenvalue weighted by Crippen LogP contribution is 2.34. The molecule has 0 atom stereocenters. The summed E-state index contributed by atoms with van der Waals surface area (Å²) in [7, 11) is 0. The lowest BCUT2D eigenvalue weighted by molar-refractivity contribution is -0.110. The highest BCUT2D eigenvalue weighted by Gasteiger charge is 2.23. The third-order valence-electron chi connectivity index (χ3n) is 3.12. The van der Waals surface area contributed by atoms with Crippen molar-refractivity contribution in [2.24, 2.45) is 0 Å². The van der Waals surface area contributed by atoms with Crippen molar-refractivity contribution in [1.82, 2.24) is 0 Å². The number of hydrogen-bond acceptors (Lipinski definition) is 1. The van der Waals surface area contributed by atoms with Crippen LogP contribution in [0.5, 0.6) is 0 Å². The Hall–Kier alpha value is -2.06. The van der Waals surface area contributed by atoms with Crippen molar-refractivity contribution in [1.29, 1.82) is 0 Å². The highest BCUT2D eigenvalue weighted by atomic mass is 35.5. The molecule has 0 radical (unpaired) electrons. The maximum atomic E-state index is 12.0. The van der Waals surface area contributed by atoms with E-state index < -0.39 is 0 Å². The standard InChI is InChI=1S/C16H12ClNO/c1-10-3-2-4-11(7-10)8-14-13-6-5-12(17)9-15(13)18-16(14)19/h2-9H,1H3,(H,18,19)/b14-8+. The van der Waals surface area contributed by atoms with Crippen molar-refractivity contribution >= 4 is 34.8 Å². The molecule has 2 nitrogen and oxygen atoms in total. The highest BCUT2D eigenvalue weighted by molar-refractivity contribution is 6.36. The van der Waals surface area contributed by atoms with Crippen LogP contribution in [0.2, 0.25) is 5.02 Å². The van der Waals surface area contributed by atoms with Gasteiger partial charge in [0.1, 0.15) is 0 Å². The molecule has 0 aromatic heterocycles. The number of hydrogen-bond donors (Lipinski definition) is 1. The molecule has 3 rings (SSSR count). The van der Waals surface area contributed by atoms with Gasteiger partial charge in [0, 0.05) is 16.2 Å². The van der Waals surface area contributed by atoms with Gasteiger partial charge in [0.05, 0.1) is 5.69 Å². The number of carbonyl (C=O) groups is 1. The van der Waals surface area contributed by atoms with Crippen molar-refractivity contribution in [2.75, 3.05) is 5.32 Å². The molecule has 0 spiro atoms. The monoisotopic (exact) mass is 269 g/mol. The predicted octanol–water partition coefficient (Wildman–Crippen LogP) is 4.14. The zero-order chi connectivity index (χ0) is 13.4. The molecule has 0 unspecified atom stereocenters. The lowest BCUT2D eigenvalue weighted by Gasteiger charge is -2.00. The Morgan fingerprint density at radius 1 is 1.16 bits per heavy atom. The lowest BCUT2D eigenvalue weighted by atomic mass is 10.0. The Labute approximate surface area is 116 Å². The van der Waals surface area contributed by atoms with Gasteiger partial charge < -0.3 is 5.32 Å². The van der Waals surface area contributed by atoms with E-state index in [0.717, 1.165) is 16.8 Å². The van der Waals surface area contributed by atoms with Gasteiger partial charge in [0.25, 0.3) is 5.91 Å². The van der Waals surface area contributed by atoms with Gasteiger partial charge in [-0.05, 0) is 30.7 Å². The maximum absolute atomic E-state index is 12.0. The topological polar surface area (TPSA) is 29.1 Å². The van der Waals surface area contributed by atoms with Crippen LogP contribution in [-0.4, -0.2) is 5.91 Å². The zero-order valence-corrected chi connectivity index (χ0v) is 11.2. The molecule has 0 saturated heterocycles. The first-order chi connectivity index (χ1) is 9.13. The summed E-state index contributed by atoms with van der Waals surface area (Å²) in [6, 6.07) is 13.5. The Bertz CT molecular complexity index is 704. The molecular formula is C16H12ClNO. The second-order valence-electron chi connectivity index (χ2n) is 4.62. The molecule has 1 aliphatic heterocycles. The third-order valence-corrected chi connectivity index (χ3v) is 3.35. The van der Waals surface area contributed by atoms with E-state index in [1.165, 1.54) is 5.56 Å². The van der Waals surface area contributed by atoms with E-state index in [0.29, 0.717) is 10.6 Å². The molecule has 3 heteroatoms. The van der Waals surface area contributed by atoms with E-state index in [4.69, 9.17) is 11.6 Å². The van der Waals surface area contributed by atoms with Gasteiger partial charge >= 0.3 is 0 Å². The van der Waals surface area contributed by atoms with Gasteiger partial charge in [0.2, 0.25) is 0 Å². The second kappa shape index (κ2) is 4.56. The number of benzene rings is 2. The van der Waals surface area contributed by atoms with E-state index in [1.54, 1.807) is 12.1 Å². The molecular weight excluding hydrogens is 258 g/mol. The lowest BCUT2D eigenvalue weighted by Crippen LogP contribution is -2.03. The molecule has 0 saturated carbocycles. The molecule has 1 aliphatic rings. The molecule has 1 N–H and O–H groups in total. The molecule has 0 fully saturated rings. The van der Waals surface area contributed by atoms with Crippen LogP contribution in [0.3, 0.4) is 0 Å². The van der Waals surface area contributed by atoms with Crippen LogP contribution < -0.4 is 5.32 Å². The van der Waals surface area contributed by atoms with Gasteiger partial charge in [-0.3, -0.25) is 4.79 Å². The van der Waals surface area contributed by atoms with Crippen LogP contribution in [0.15, 0.2) is 42.5 Å². The Morgan fingerprint density at radius 2 is 2.00 bits per heavy atom. The fourth-order valence-electron chi connectivity index (χ4n) is 2.24. The molecule has 2 aromatic rings. The first-order valence-corrected chi connectivity index (χ1v) is 6.41. The Kier molecular flexibility index (Phi) is 2.88. The molecule has 0 bridgehead atoms. The first kappa shape index (κ1) is 12.0. The third kappa shape index (κ3) is 2.27. The number of nitrogens with one attached hydrogen (secondary N) is 1. The molecule has 1 amide bonds. The number of rotatable bonds is 1. The van der Waals surface area contributed by atoms with E-state index >= 15 is 0 Å². The summed E-state index contributed by atoms with van der Waals surface area (Å²) in [4.78, 5) is 12.0. The molecule has 0 aliphatic carbocycles. The van der Waals surface area contributed by atoms with Crippen molar-refractivity contribution in [3.05, 3.63) is 64.2 Å². The summed E-state index contributed by atoms with van der Waals surface area (Å²) in [6.45, 7) is 2.03. The number of fused-ring (bicyclic) bond motifs is 1. The predicted molar refractivity (Wildman–Crippen MR) is 79.1 cm³/mol. The largest absolute Gasteiger partial charge is 0.321 e. The molecule has 1 heterocycles. The van der Waals surface area contributed by atoms with E-state index in [-0.39, 0.29) is 5.91 Å². The SMILES string of the molecule is Cc1cccc(/C=C2/C(=O)Nc3cc(Cl)ccc32)c1. The van der Waals surface area contributed by atoms with E-state index in [1.807, 2.05) is 43.3 Å². The average Bonchev–Trinajstić information content (AvgIpc) is 2.65. The van der Waals surface area contributed by atoms with Crippen LogP contribution in [0.4, 0.5) is 5.69 Å². The fourth-order valence-corrected chi connectivity index (χ4v) is 2.41. The molecule has 19 heavy (non-hydrogen) atoms. The average molecular weight is 270 g/mol. The first-order valence-electron chi connectivity index (χ1n) is 6.03. The normalized spacial score (nSPS) is 15.5. The van der Waals surface area contributed by atoms with Gasteiger partial charge in [-0.2, -0.15) is 0 Å². The minimum atomic E-state index is -0.0845. The summed E-state index contributed by atoms with van der Waals surface area (Å²) in [6.07, 6.45) is 1.90. The van der Waals surface area contributed by atoms with E-state index in [9.17, 15) is 4.79 Å². The fraction of sp³-hybridized carbons (Fsp3) is 0.0625. The van der Waals surface area contributed by atoms with Crippen LogP contribution in [-0.2, 0) is 4.79 Å². The van der Waals surface area contributed by atoms with Crippen LogP contribution in [0, 0.1) is 6.92 Å². The second-order valence-corrected chi connectivity index (χ2v) is 5.05. The summed E-state index contributed by atoms with van der Waals surface area (Å²) >= 11 is 5.93. The molecule has 2 aromatic carbocycles. The summed E-state index contributed by atoms with van der Waals surface area (Å²) in [5, 5.41) is 3.45. The van der Waals surface area contributed by atoms with Crippen molar-refractivity contribution in [2.45, 2.75) is 6.92 Å². The van der Waals surface area contributed by atoms with Crippen molar-refractivity contribution < 1.29 is 4.79 Å². The quantitative estimate of drug-likeness (QED) is 0.775. The molecule has 94 valence electrons. The number of amides is 1. The number of carbonyl (C=O) groups excluding carboxylic acids is 1. The van der Waals surface area contributed by atoms with Crippen molar-refractivity contribution in [3.8, 4) is 0 Å². The Balaban J connectivity index is 2.09. The maximum Gasteiger partial charge on any atom is 0.256 e. The van der Waals surface area contributed by atoms with Crippen LogP contribution in [0.25, 0.3) is 11.6 Å². The zero-order valence-electron chi connectivity index (χ0n) is 10.4. The van der Waals surface area contributed by atoms with E-state index in [2.05, 4.69) is 5.32 Å². The summed E-state index contributed by atoms with van der Waals surface area (Å²) in [5.41, 5.74) is 4.54. The van der Waals surface area contributed by atoms with Crippen molar-refractivity contribution in [3.63, 3.8) is 0 Å². The van der Waals surface area contributed by atoms with Gasteiger partial charge in [0.15, 0.2) is 0 Å². The minimum Gasteiger partial charge on any atom is -0.321 e. The van der Waals surface area contributed by atoms with Gasteiger partial charge in [-0.15, -0.1) is 0 Å². The minimum absolute atomic E-state index is 0.0845. The number of aryl methyl sites for hydroxylation is 1. The van der Waals surface area contributed by atoms with Gasteiger partial charge in [-0.25, -0.2) is 0 Å². The summed E-state index contributed by atoms with van der Waals surface area (Å²) < 4.78 is 0. The Morgan fingerprint density at radius 3 is 2.79 bits per heavy atom. The number of halogens is 1. The van der Waals surface area contributed by atoms with Crippen LogP contribution in [0.1, 0.15) is 16.7 Å². The smallest absolute Gasteiger partial charge is 0.256 e.